The van der Waals surface area contributed by atoms with Crippen molar-refractivity contribution in [1.29, 1.82) is 0 Å². The van der Waals surface area contributed by atoms with E-state index in [1.165, 1.54) is 5.56 Å². The average molecular weight is 230 g/mol. The number of phenolic OH excluding ortho intramolecular Hbond substituents is 2. The molecule has 0 heterocycles. The van der Waals surface area contributed by atoms with Gasteiger partial charge in [-0.2, -0.15) is 0 Å². The van der Waals surface area contributed by atoms with E-state index >= 15 is 0 Å². The molecule has 0 amide bonds. The van der Waals surface area contributed by atoms with Crippen molar-refractivity contribution in [1.82, 2.24) is 0 Å². The van der Waals surface area contributed by atoms with Crippen LogP contribution >= 0.6 is 0 Å². The largest absolute Gasteiger partial charge is 0.508 e. The van der Waals surface area contributed by atoms with Crippen molar-refractivity contribution in [3.8, 4) is 11.5 Å². The molecule has 0 spiro atoms. The summed E-state index contributed by atoms with van der Waals surface area (Å²) in [4.78, 5) is 0. The maximum absolute atomic E-state index is 9.10. The Kier molecular flexibility index (Phi) is 4.58. The van der Waals surface area contributed by atoms with Crippen molar-refractivity contribution in [3.63, 3.8) is 0 Å². The van der Waals surface area contributed by atoms with E-state index in [1.807, 2.05) is 45.0 Å². The van der Waals surface area contributed by atoms with E-state index in [1.54, 1.807) is 18.2 Å². The molecule has 2 nitrogen and oxygen atoms in total. The molecule has 90 valence electrons. The highest BCUT2D eigenvalue weighted by atomic mass is 16.3. The molecule has 0 unspecified atom stereocenters. The molecule has 0 saturated carbocycles. The molecule has 0 fully saturated rings. The molecule has 2 heteroatoms. The van der Waals surface area contributed by atoms with Gasteiger partial charge in [-0.05, 0) is 50.1 Å². The SMILES string of the molecule is Cc1ccc(O)cc1.Cc1cccc(O)c1C. The lowest BCUT2D eigenvalue weighted by molar-refractivity contribution is 0.470. The van der Waals surface area contributed by atoms with Gasteiger partial charge in [0, 0.05) is 0 Å². The number of aromatic hydroxyl groups is 2. The Balaban J connectivity index is 0.000000171. The first-order chi connectivity index (χ1) is 8.00. The standard InChI is InChI=1S/C8H10O.C7H8O/c1-6-4-3-5-8(9)7(6)2;1-6-2-4-7(8)5-3-6/h3-5,9H,1-2H3;2-5,8H,1H3. The fourth-order valence-corrected chi connectivity index (χ4v) is 1.28. The van der Waals surface area contributed by atoms with Crippen LogP contribution in [0.3, 0.4) is 0 Å². The van der Waals surface area contributed by atoms with Crippen molar-refractivity contribution in [2.45, 2.75) is 20.8 Å². The summed E-state index contributed by atoms with van der Waals surface area (Å²) in [5.41, 5.74) is 3.27. The van der Waals surface area contributed by atoms with E-state index in [4.69, 9.17) is 10.2 Å². The van der Waals surface area contributed by atoms with Crippen molar-refractivity contribution in [2.75, 3.05) is 0 Å². The number of rotatable bonds is 0. The Bertz CT molecular complexity index is 432. The van der Waals surface area contributed by atoms with Crippen LogP contribution < -0.4 is 0 Å². The number of hydrogen-bond acceptors (Lipinski definition) is 2. The van der Waals surface area contributed by atoms with Crippen molar-refractivity contribution >= 4 is 0 Å². The van der Waals surface area contributed by atoms with Crippen molar-refractivity contribution in [2.24, 2.45) is 0 Å². The lowest BCUT2D eigenvalue weighted by atomic mass is 10.1. The molecular weight excluding hydrogens is 212 g/mol. The second-order valence-electron chi connectivity index (χ2n) is 4.05. The maximum atomic E-state index is 9.10. The Hall–Kier alpha value is -1.96. The molecule has 0 aliphatic heterocycles. The predicted molar refractivity (Wildman–Crippen MR) is 70.4 cm³/mol. The van der Waals surface area contributed by atoms with Crippen LogP contribution in [0.5, 0.6) is 11.5 Å². The molecule has 2 aromatic rings. The van der Waals surface area contributed by atoms with Crippen LogP contribution in [-0.2, 0) is 0 Å². The lowest BCUT2D eigenvalue weighted by Crippen LogP contribution is -1.78. The predicted octanol–water partition coefficient (Wildman–Crippen LogP) is 3.71. The van der Waals surface area contributed by atoms with E-state index in [-0.39, 0.29) is 0 Å². The van der Waals surface area contributed by atoms with Gasteiger partial charge in [0.1, 0.15) is 11.5 Å². The fraction of sp³-hybridized carbons (Fsp3) is 0.200. The Morgan fingerprint density at radius 3 is 1.76 bits per heavy atom. The first-order valence-corrected chi connectivity index (χ1v) is 5.51. The van der Waals surface area contributed by atoms with E-state index in [2.05, 4.69) is 0 Å². The van der Waals surface area contributed by atoms with Crippen LogP contribution in [0.15, 0.2) is 42.5 Å². The Morgan fingerprint density at radius 2 is 1.35 bits per heavy atom. The van der Waals surface area contributed by atoms with E-state index < -0.39 is 0 Å². The van der Waals surface area contributed by atoms with Gasteiger partial charge in [-0.1, -0.05) is 29.8 Å². The highest BCUT2D eigenvalue weighted by molar-refractivity contribution is 5.36. The normalized spacial score (nSPS) is 9.35. The van der Waals surface area contributed by atoms with Crippen molar-refractivity contribution < 1.29 is 10.2 Å². The number of benzene rings is 2. The lowest BCUT2D eigenvalue weighted by Gasteiger charge is -1.99. The van der Waals surface area contributed by atoms with Crippen LogP contribution in [0.4, 0.5) is 0 Å². The van der Waals surface area contributed by atoms with E-state index in [0.717, 1.165) is 11.1 Å². The van der Waals surface area contributed by atoms with Crippen LogP contribution in [0.2, 0.25) is 0 Å². The summed E-state index contributed by atoms with van der Waals surface area (Å²) >= 11 is 0. The van der Waals surface area contributed by atoms with E-state index in [9.17, 15) is 0 Å². The average Bonchev–Trinajstić information content (AvgIpc) is 2.31. The van der Waals surface area contributed by atoms with Crippen molar-refractivity contribution in [3.05, 3.63) is 59.2 Å². The van der Waals surface area contributed by atoms with Gasteiger partial charge in [-0.3, -0.25) is 0 Å². The van der Waals surface area contributed by atoms with Crippen LogP contribution in [0, 0.1) is 20.8 Å². The highest BCUT2D eigenvalue weighted by Crippen LogP contribution is 2.17. The van der Waals surface area contributed by atoms with Gasteiger partial charge in [-0.15, -0.1) is 0 Å². The Labute approximate surface area is 102 Å². The van der Waals surface area contributed by atoms with Gasteiger partial charge in [-0.25, -0.2) is 0 Å². The molecule has 0 aromatic heterocycles. The highest BCUT2D eigenvalue weighted by Gasteiger charge is 1.94. The van der Waals surface area contributed by atoms with Gasteiger partial charge < -0.3 is 10.2 Å². The molecule has 2 aromatic carbocycles. The second kappa shape index (κ2) is 5.94. The fourth-order valence-electron chi connectivity index (χ4n) is 1.28. The van der Waals surface area contributed by atoms with Crippen LogP contribution in [-0.4, -0.2) is 10.2 Å². The van der Waals surface area contributed by atoms with Crippen LogP contribution in [0.25, 0.3) is 0 Å². The Morgan fingerprint density at radius 1 is 0.765 bits per heavy atom. The molecule has 0 aliphatic rings. The molecule has 0 bridgehead atoms. The van der Waals surface area contributed by atoms with Gasteiger partial charge in [0.15, 0.2) is 0 Å². The number of phenols is 2. The quantitative estimate of drug-likeness (QED) is 0.724. The molecule has 2 rings (SSSR count). The summed E-state index contributed by atoms with van der Waals surface area (Å²) in [7, 11) is 0. The molecule has 0 atom stereocenters. The number of aryl methyl sites for hydroxylation is 2. The van der Waals surface area contributed by atoms with Gasteiger partial charge in [0.25, 0.3) is 0 Å². The first kappa shape index (κ1) is 13.1. The monoisotopic (exact) mass is 230 g/mol. The summed E-state index contributed by atoms with van der Waals surface area (Å²) in [5.74, 6) is 0.714. The zero-order chi connectivity index (χ0) is 12.8. The summed E-state index contributed by atoms with van der Waals surface area (Å²) in [6.45, 7) is 5.87. The van der Waals surface area contributed by atoms with Gasteiger partial charge in [0.2, 0.25) is 0 Å². The molecule has 2 N–H and O–H groups in total. The second-order valence-corrected chi connectivity index (χ2v) is 4.05. The first-order valence-electron chi connectivity index (χ1n) is 5.51. The molecule has 0 aliphatic carbocycles. The third kappa shape index (κ3) is 4.19. The third-order valence-corrected chi connectivity index (χ3v) is 2.61. The molecule has 0 saturated heterocycles. The molecule has 17 heavy (non-hydrogen) atoms. The summed E-state index contributed by atoms with van der Waals surface area (Å²) in [6.07, 6.45) is 0. The zero-order valence-electron chi connectivity index (χ0n) is 10.4. The topological polar surface area (TPSA) is 40.5 Å². The van der Waals surface area contributed by atoms with Crippen LogP contribution in [0.1, 0.15) is 16.7 Å². The zero-order valence-corrected chi connectivity index (χ0v) is 10.4. The van der Waals surface area contributed by atoms with Gasteiger partial charge >= 0.3 is 0 Å². The van der Waals surface area contributed by atoms with Gasteiger partial charge in [0.05, 0.1) is 0 Å². The summed E-state index contributed by atoms with van der Waals surface area (Å²) in [6, 6.07) is 12.6. The molecule has 0 radical (unpaired) electrons. The minimum Gasteiger partial charge on any atom is -0.508 e. The summed E-state index contributed by atoms with van der Waals surface area (Å²) in [5, 5.41) is 17.9. The number of hydrogen-bond donors (Lipinski definition) is 2. The maximum Gasteiger partial charge on any atom is 0.118 e. The van der Waals surface area contributed by atoms with E-state index in [0.29, 0.717) is 11.5 Å². The summed E-state index contributed by atoms with van der Waals surface area (Å²) < 4.78 is 0. The smallest absolute Gasteiger partial charge is 0.118 e. The minimum absolute atomic E-state index is 0.329. The minimum atomic E-state index is 0.329. The third-order valence-electron chi connectivity index (χ3n) is 2.61. The molecular formula is C15H18O2.